The molecule has 0 radical (unpaired) electrons. The Morgan fingerprint density at radius 3 is 1.24 bits per heavy atom. The molecule has 0 bridgehead atoms. The smallest absolute Gasteiger partial charge is 0.123 e. The lowest BCUT2D eigenvalue weighted by Crippen LogP contribution is -2.24. The van der Waals surface area contributed by atoms with E-state index in [0.29, 0.717) is 59.7 Å². The summed E-state index contributed by atoms with van der Waals surface area (Å²) in [5, 5.41) is 36.4. The molecular weight excluding hydrogens is 880 g/mol. The molecule has 6 aromatic rings. The van der Waals surface area contributed by atoms with Crippen LogP contribution < -0.4 is 15.3 Å². The molecule has 6 nitrogen and oxygen atoms in total. The predicted octanol–water partition coefficient (Wildman–Crippen LogP) is 10.2. The first-order chi connectivity index (χ1) is 27.8. The van der Waals surface area contributed by atoms with Crippen molar-refractivity contribution in [1.82, 2.24) is 0 Å². The molecule has 0 aliphatic heterocycles. The van der Waals surface area contributed by atoms with Crippen LogP contribution in [-0.2, 0) is 19.3 Å². The fourth-order valence-electron chi connectivity index (χ4n) is 6.05. The van der Waals surface area contributed by atoms with Crippen LogP contribution in [0.2, 0.25) is 30.1 Å². The van der Waals surface area contributed by atoms with Crippen molar-refractivity contribution in [3.8, 4) is 0 Å². The second-order valence-electron chi connectivity index (χ2n) is 13.5. The first kappa shape index (κ1) is 47.1. The number of benzene rings is 6. The Kier molecular flexibility index (Phi) is 16.8. The summed E-state index contributed by atoms with van der Waals surface area (Å²) in [4.78, 5) is 33.3. The van der Waals surface area contributed by atoms with E-state index in [-0.39, 0.29) is 28.7 Å². The Morgan fingerprint density at radius 1 is 0.458 bits per heavy atom. The standard InChI is InChI=1S/C16H14Cl2O2.C15H11Cl2FO2.C15H12Cl2O2/c1-9-3-5-12(16(19)20)11(7-9)8-13-14(17)6-4-10(2)15(13)18;1-8-2-5-13(16)12(14(8)17)7-9-6-10(18)3-4-11(9)15(19)20;1-9-6-7-13(16)12(14(9)17)8-10-4-2-3-5-11(10)15(18)19/h3-7H,8H2,1-2H3,(H,19,20);2-6H,7H2,1H3,(H,19,20);2-7H,8H2,1H3,(H,18,19)/p-3. The van der Waals surface area contributed by atoms with Crippen molar-refractivity contribution in [3.05, 3.63) is 205 Å². The van der Waals surface area contributed by atoms with Gasteiger partial charge in [0.05, 0.1) is 17.9 Å². The second kappa shape index (κ2) is 21.1. The van der Waals surface area contributed by atoms with Crippen LogP contribution in [0, 0.1) is 33.5 Å². The fourth-order valence-corrected chi connectivity index (χ4v) is 7.56. The van der Waals surface area contributed by atoms with E-state index < -0.39 is 23.7 Å². The molecule has 306 valence electrons. The van der Waals surface area contributed by atoms with E-state index in [4.69, 9.17) is 69.6 Å². The Labute approximate surface area is 371 Å². The van der Waals surface area contributed by atoms with E-state index in [1.807, 2.05) is 45.9 Å². The number of halogens is 7. The number of aryl methyl sites for hydroxylation is 4. The predicted molar refractivity (Wildman–Crippen MR) is 229 cm³/mol. The van der Waals surface area contributed by atoms with Gasteiger partial charge in [-0.3, -0.25) is 0 Å². The molecule has 59 heavy (non-hydrogen) atoms. The number of hydrogen-bond acceptors (Lipinski definition) is 6. The van der Waals surface area contributed by atoms with E-state index in [1.54, 1.807) is 54.6 Å². The third kappa shape index (κ3) is 12.2. The molecule has 0 aliphatic rings. The van der Waals surface area contributed by atoms with Crippen molar-refractivity contribution >= 4 is 87.5 Å². The van der Waals surface area contributed by atoms with E-state index in [2.05, 4.69) is 0 Å². The van der Waals surface area contributed by atoms with E-state index in [1.165, 1.54) is 12.1 Å². The van der Waals surface area contributed by atoms with Crippen LogP contribution in [0.1, 0.15) is 86.7 Å². The van der Waals surface area contributed by atoms with Crippen molar-refractivity contribution in [2.45, 2.75) is 47.0 Å². The average Bonchev–Trinajstić information content (AvgIpc) is 3.18. The lowest BCUT2D eigenvalue weighted by molar-refractivity contribution is -0.256. The highest BCUT2D eigenvalue weighted by molar-refractivity contribution is 6.37. The maximum atomic E-state index is 13.3. The molecule has 0 heterocycles. The van der Waals surface area contributed by atoms with E-state index in [0.717, 1.165) is 45.5 Å². The summed E-state index contributed by atoms with van der Waals surface area (Å²) in [6.45, 7) is 7.49. The molecule has 0 spiro atoms. The van der Waals surface area contributed by atoms with Gasteiger partial charge in [0.1, 0.15) is 5.82 Å². The largest absolute Gasteiger partial charge is 0.545 e. The summed E-state index contributed by atoms with van der Waals surface area (Å²) in [6.07, 6.45) is 0.855. The summed E-state index contributed by atoms with van der Waals surface area (Å²) < 4.78 is 13.3. The summed E-state index contributed by atoms with van der Waals surface area (Å²) in [5.41, 5.74) is 7.49. The monoisotopic (exact) mass is 911 g/mol. The Morgan fingerprint density at radius 2 is 0.814 bits per heavy atom. The molecule has 0 saturated heterocycles. The van der Waals surface area contributed by atoms with Gasteiger partial charge in [0.25, 0.3) is 0 Å². The number of aromatic carboxylic acids is 3. The molecule has 0 fully saturated rings. The molecule has 0 aliphatic carbocycles. The molecular formula is C46H34Cl6FO6-3. The van der Waals surface area contributed by atoms with E-state index >= 15 is 0 Å². The van der Waals surface area contributed by atoms with Crippen molar-refractivity contribution < 1.29 is 34.1 Å². The summed E-state index contributed by atoms with van der Waals surface area (Å²) in [7, 11) is 0. The van der Waals surface area contributed by atoms with Gasteiger partial charge < -0.3 is 29.7 Å². The van der Waals surface area contributed by atoms with Crippen LogP contribution in [0.4, 0.5) is 4.39 Å². The molecule has 0 saturated carbocycles. The third-order valence-corrected chi connectivity index (χ3v) is 11.9. The van der Waals surface area contributed by atoms with Gasteiger partial charge in [-0.1, -0.05) is 136 Å². The van der Waals surface area contributed by atoms with E-state index in [9.17, 15) is 34.1 Å². The molecule has 0 atom stereocenters. The number of carboxylic acid groups (broad SMARTS) is 3. The summed E-state index contributed by atoms with van der Waals surface area (Å²) in [6, 6.07) is 25.9. The van der Waals surface area contributed by atoms with Crippen molar-refractivity contribution in [2.75, 3.05) is 0 Å². The molecule has 6 rings (SSSR count). The normalized spacial score (nSPS) is 10.6. The molecule has 13 heteroatoms. The molecule has 0 amide bonds. The minimum atomic E-state index is -1.36. The fraction of sp³-hybridized carbons (Fsp3) is 0.152. The molecule has 0 N–H and O–H groups in total. The van der Waals surface area contributed by atoms with Crippen molar-refractivity contribution in [2.24, 2.45) is 0 Å². The lowest BCUT2D eigenvalue weighted by Gasteiger charge is -2.14. The van der Waals surface area contributed by atoms with Crippen LogP contribution in [0.15, 0.2) is 97.1 Å². The summed E-state index contributed by atoms with van der Waals surface area (Å²) in [5.74, 6) is -4.28. The average molecular weight is 914 g/mol. The Hall–Kier alpha value is -4.60. The molecule has 0 unspecified atom stereocenters. The molecule has 6 aromatic carbocycles. The molecule has 0 aromatic heterocycles. The van der Waals surface area contributed by atoms with Gasteiger partial charge in [0, 0.05) is 66.1 Å². The van der Waals surface area contributed by atoms with Crippen LogP contribution >= 0.6 is 69.6 Å². The lowest BCUT2D eigenvalue weighted by atomic mass is 9.97. The number of carbonyl (C=O) groups excluding carboxylic acids is 3. The van der Waals surface area contributed by atoms with Gasteiger partial charge in [0.2, 0.25) is 0 Å². The Balaban J connectivity index is 0.000000196. The highest BCUT2D eigenvalue weighted by atomic mass is 35.5. The zero-order valence-corrected chi connectivity index (χ0v) is 36.5. The van der Waals surface area contributed by atoms with Gasteiger partial charge in [-0.25, -0.2) is 4.39 Å². The number of carbonyl (C=O) groups is 3. The summed E-state index contributed by atoms with van der Waals surface area (Å²) >= 11 is 37.1. The number of rotatable bonds is 9. The quantitative estimate of drug-likeness (QED) is 0.142. The number of carboxylic acids is 3. The van der Waals surface area contributed by atoms with Gasteiger partial charge in [0.15, 0.2) is 0 Å². The minimum Gasteiger partial charge on any atom is -0.545 e. The van der Waals surface area contributed by atoms with Crippen LogP contribution in [0.5, 0.6) is 0 Å². The maximum absolute atomic E-state index is 13.3. The highest BCUT2D eigenvalue weighted by Gasteiger charge is 2.15. The Bertz CT molecular complexity index is 2440. The zero-order valence-electron chi connectivity index (χ0n) is 32.0. The third-order valence-electron chi connectivity index (χ3n) is 9.24. The van der Waals surface area contributed by atoms with Crippen LogP contribution in [0.25, 0.3) is 0 Å². The SMILES string of the molecule is Cc1ccc(C(=O)[O-])c(Cc2c(Cl)ccc(C)c2Cl)c1.Cc1ccc(Cl)c(Cc2cc(F)ccc2C(=O)[O-])c1Cl.Cc1ccc(Cl)c(Cc2ccccc2C(=O)[O-])c1Cl. The van der Waals surface area contributed by atoms with Gasteiger partial charge in [-0.2, -0.15) is 0 Å². The number of hydrogen-bond donors (Lipinski definition) is 0. The maximum Gasteiger partial charge on any atom is 0.123 e. The zero-order chi connectivity index (χ0) is 43.7. The minimum absolute atomic E-state index is 0.0694. The van der Waals surface area contributed by atoms with Crippen LogP contribution in [-0.4, -0.2) is 17.9 Å². The van der Waals surface area contributed by atoms with Gasteiger partial charge >= 0.3 is 0 Å². The topological polar surface area (TPSA) is 120 Å². The van der Waals surface area contributed by atoms with Crippen molar-refractivity contribution in [1.29, 1.82) is 0 Å². The highest BCUT2D eigenvalue weighted by Crippen LogP contribution is 2.33. The van der Waals surface area contributed by atoms with Crippen LogP contribution in [0.3, 0.4) is 0 Å². The first-order valence-electron chi connectivity index (χ1n) is 17.7. The van der Waals surface area contributed by atoms with Gasteiger partial charge in [-0.05, 0) is 114 Å². The van der Waals surface area contributed by atoms with Gasteiger partial charge in [-0.15, -0.1) is 0 Å². The second-order valence-corrected chi connectivity index (χ2v) is 15.8. The first-order valence-corrected chi connectivity index (χ1v) is 20.0. The van der Waals surface area contributed by atoms with Crippen molar-refractivity contribution in [3.63, 3.8) is 0 Å².